The molecule has 0 aliphatic carbocycles. The summed E-state index contributed by atoms with van der Waals surface area (Å²) in [5.41, 5.74) is 1.07. The Balaban J connectivity index is 1.76. The van der Waals surface area contributed by atoms with Crippen molar-refractivity contribution in [3.63, 3.8) is 0 Å². The van der Waals surface area contributed by atoms with Crippen molar-refractivity contribution < 1.29 is 19.2 Å². The van der Waals surface area contributed by atoms with Crippen LogP contribution in [-0.2, 0) is 4.74 Å². The number of carbonyl (C=O) groups is 2. The molecule has 0 saturated carbocycles. The highest BCUT2D eigenvalue weighted by molar-refractivity contribution is 7.80. The van der Waals surface area contributed by atoms with Gasteiger partial charge in [-0.25, -0.2) is 4.79 Å². The molecule has 2 aromatic rings. The standard InChI is InChI=1S/C21H21N5O5S2/c1-3-31-20(28)17-12(2)14(11-22)19(33-17)24-21(32)23-18(27)13-6-7-15(16(10-13)26(29)30)25-8-4-5-9-25/h6-7,10H,3-5,8-9H2,1-2H3,(H2,23,24,27,32). The number of benzene rings is 1. The molecule has 1 aromatic heterocycles. The highest BCUT2D eigenvalue weighted by atomic mass is 32.1. The Hall–Kier alpha value is -3.56. The number of esters is 1. The molecule has 10 nitrogen and oxygen atoms in total. The largest absolute Gasteiger partial charge is 0.462 e. The van der Waals surface area contributed by atoms with E-state index in [0.29, 0.717) is 16.3 Å². The number of nitrogens with one attached hydrogen (secondary N) is 2. The zero-order chi connectivity index (χ0) is 24.1. The van der Waals surface area contributed by atoms with Gasteiger partial charge in [0.1, 0.15) is 21.6 Å². The van der Waals surface area contributed by atoms with E-state index in [0.717, 1.165) is 37.3 Å². The van der Waals surface area contributed by atoms with Gasteiger partial charge < -0.3 is 15.0 Å². The molecule has 172 valence electrons. The molecule has 0 unspecified atom stereocenters. The fourth-order valence-corrected chi connectivity index (χ4v) is 4.79. The van der Waals surface area contributed by atoms with Crippen LogP contribution in [0.2, 0.25) is 0 Å². The normalized spacial score (nSPS) is 12.7. The van der Waals surface area contributed by atoms with Gasteiger partial charge in [-0.15, -0.1) is 11.3 Å². The molecular weight excluding hydrogens is 466 g/mol. The van der Waals surface area contributed by atoms with Crippen molar-refractivity contribution in [2.45, 2.75) is 26.7 Å². The third-order valence-electron chi connectivity index (χ3n) is 5.05. The fourth-order valence-electron chi connectivity index (χ4n) is 3.47. The molecule has 0 bridgehead atoms. The summed E-state index contributed by atoms with van der Waals surface area (Å²) >= 11 is 6.17. The number of hydrogen-bond donors (Lipinski definition) is 2. The average Bonchev–Trinajstić information content (AvgIpc) is 3.41. The molecule has 1 saturated heterocycles. The van der Waals surface area contributed by atoms with Crippen LogP contribution >= 0.6 is 23.6 Å². The Morgan fingerprint density at radius 2 is 2.06 bits per heavy atom. The second-order valence-electron chi connectivity index (χ2n) is 7.16. The number of nitro benzene ring substituents is 1. The van der Waals surface area contributed by atoms with E-state index in [9.17, 15) is 25.0 Å². The number of rotatable bonds is 6. The number of ether oxygens (including phenoxy) is 1. The van der Waals surface area contributed by atoms with Crippen LogP contribution in [-0.4, -0.2) is 41.6 Å². The minimum Gasteiger partial charge on any atom is -0.462 e. The smallest absolute Gasteiger partial charge is 0.348 e. The van der Waals surface area contributed by atoms with Crippen molar-refractivity contribution >= 4 is 56.9 Å². The lowest BCUT2D eigenvalue weighted by Gasteiger charge is -2.18. The minimum absolute atomic E-state index is 0.0730. The summed E-state index contributed by atoms with van der Waals surface area (Å²) in [5.74, 6) is -1.19. The monoisotopic (exact) mass is 487 g/mol. The fraction of sp³-hybridized carbons (Fsp3) is 0.333. The lowest BCUT2D eigenvalue weighted by molar-refractivity contribution is -0.384. The number of nitriles is 1. The number of thiophene rings is 1. The van der Waals surface area contributed by atoms with Crippen LogP contribution < -0.4 is 15.5 Å². The van der Waals surface area contributed by atoms with Gasteiger partial charge in [0.25, 0.3) is 11.6 Å². The molecule has 0 atom stereocenters. The Bertz CT molecular complexity index is 1160. The van der Waals surface area contributed by atoms with Crippen molar-refractivity contribution in [3.05, 3.63) is 49.9 Å². The summed E-state index contributed by atoms with van der Waals surface area (Å²) in [5, 5.41) is 26.4. The van der Waals surface area contributed by atoms with Gasteiger partial charge >= 0.3 is 5.97 Å². The van der Waals surface area contributed by atoms with E-state index in [-0.39, 0.29) is 33.4 Å². The summed E-state index contributed by atoms with van der Waals surface area (Å²) in [6, 6.07) is 6.31. The average molecular weight is 488 g/mol. The zero-order valence-corrected chi connectivity index (χ0v) is 19.6. The highest BCUT2D eigenvalue weighted by Gasteiger charge is 2.25. The van der Waals surface area contributed by atoms with Gasteiger partial charge in [0.2, 0.25) is 0 Å². The molecule has 1 aliphatic rings. The molecule has 2 N–H and O–H groups in total. The predicted octanol–water partition coefficient (Wildman–Crippen LogP) is 3.74. The Labute approximate surface area is 199 Å². The Morgan fingerprint density at radius 3 is 2.67 bits per heavy atom. The van der Waals surface area contributed by atoms with E-state index < -0.39 is 16.8 Å². The maximum absolute atomic E-state index is 12.7. The van der Waals surface area contributed by atoms with Gasteiger partial charge in [0.15, 0.2) is 5.11 Å². The molecule has 1 amide bonds. The number of thiocarbonyl (C=S) groups is 1. The second-order valence-corrected chi connectivity index (χ2v) is 8.58. The van der Waals surface area contributed by atoms with E-state index in [1.807, 2.05) is 11.0 Å². The molecule has 2 heterocycles. The lowest BCUT2D eigenvalue weighted by Crippen LogP contribution is -2.34. The Kier molecular flexibility index (Phi) is 7.57. The van der Waals surface area contributed by atoms with Gasteiger partial charge in [-0.05, 0) is 56.6 Å². The SMILES string of the molecule is CCOC(=O)c1sc(NC(=S)NC(=O)c2ccc(N3CCCC3)c([N+](=O)[O-])c2)c(C#N)c1C. The van der Waals surface area contributed by atoms with Gasteiger partial charge in [0.05, 0.1) is 17.1 Å². The maximum atomic E-state index is 12.7. The molecule has 0 radical (unpaired) electrons. The highest BCUT2D eigenvalue weighted by Crippen LogP contribution is 2.33. The maximum Gasteiger partial charge on any atom is 0.348 e. The Morgan fingerprint density at radius 1 is 1.36 bits per heavy atom. The zero-order valence-electron chi connectivity index (χ0n) is 18.0. The van der Waals surface area contributed by atoms with Crippen molar-refractivity contribution in [3.8, 4) is 6.07 Å². The van der Waals surface area contributed by atoms with Crippen LogP contribution in [0.3, 0.4) is 0 Å². The summed E-state index contributed by atoms with van der Waals surface area (Å²) < 4.78 is 5.00. The summed E-state index contributed by atoms with van der Waals surface area (Å²) in [6.07, 6.45) is 1.92. The van der Waals surface area contributed by atoms with Crippen molar-refractivity contribution in [1.82, 2.24) is 5.32 Å². The van der Waals surface area contributed by atoms with Crippen LogP contribution in [0.15, 0.2) is 18.2 Å². The second kappa shape index (κ2) is 10.4. The van der Waals surface area contributed by atoms with E-state index in [1.54, 1.807) is 19.9 Å². The third-order valence-corrected chi connectivity index (χ3v) is 6.45. The van der Waals surface area contributed by atoms with Crippen LogP contribution in [0.1, 0.15) is 50.9 Å². The van der Waals surface area contributed by atoms with Crippen molar-refractivity contribution in [2.75, 3.05) is 29.9 Å². The van der Waals surface area contributed by atoms with E-state index in [2.05, 4.69) is 10.6 Å². The van der Waals surface area contributed by atoms with Gasteiger partial charge in [-0.3, -0.25) is 20.2 Å². The van der Waals surface area contributed by atoms with Crippen molar-refractivity contribution in [1.29, 1.82) is 5.26 Å². The molecule has 0 spiro atoms. The number of anilines is 2. The van der Waals surface area contributed by atoms with E-state index in [4.69, 9.17) is 17.0 Å². The number of nitro groups is 1. The van der Waals surface area contributed by atoms with Crippen molar-refractivity contribution in [2.24, 2.45) is 0 Å². The summed E-state index contributed by atoms with van der Waals surface area (Å²) in [6.45, 7) is 4.95. The first kappa shape index (κ1) is 24.1. The quantitative estimate of drug-likeness (QED) is 0.270. The third kappa shape index (κ3) is 5.27. The van der Waals surface area contributed by atoms with Crippen LogP contribution in [0, 0.1) is 28.4 Å². The first-order chi connectivity index (χ1) is 15.8. The van der Waals surface area contributed by atoms with E-state index in [1.165, 1.54) is 12.1 Å². The molecule has 33 heavy (non-hydrogen) atoms. The lowest BCUT2D eigenvalue weighted by atomic mass is 10.1. The number of carbonyl (C=O) groups excluding carboxylic acids is 2. The molecule has 1 aromatic carbocycles. The van der Waals surface area contributed by atoms with Crippen LogP contribution in [0.25, 0.3) is 0 Å². The topological polar surface area (TPSA) is 138 Å². The van der Waals surface area contributed by atoms with Gasteiger partial charge in [0, 0.05) is 24.7 Å². The number of amides is 1. The first-order valence-electron chi connectivity index (χ1n) is 10.1. The van der Waals surface area contributed by atoms with Crippen LogP contribution in [0.4, 0.5) is 16.4 Å². The predicted molar refractivity (Wildman–Crippen MR) is 128 cm³/mol. The summed E-state index contributed by atoms with van der Waals surface area (Å²) in [4.78, 5) is 38.0. The van der Waals surface area contributed by atoms with Gasteiger partial charge in [-0.2, -0.15) is 5.26 Å². The van der Waals surface area contributed by atoms with E-state index >= 15 is 0 Å². The first-order valence-corrected chi connectivity index (χ1v) is 11.4. The number of hydrogen-bond acceptors (Lipinski definition) is 9. The van der Waals surface area contributed by atoms with Crippen LogP contribution in [0.5, 0.6) is 0 Å². The molecule has 1 aliphatic heterocycles. The molecule has 12 heteroatoms. The summed E-state index contributed by atoms with van der Waals surface area (Å²) in [7, 11) is 0. The minimum atomic E-state index is -0.638. The molecular formula is C21H21N5O5S2. The number of nitrogens with zero attached hydrogens (tertiary/aromatic N) is 3. The molecule has 1 fully saturated rings. The molecule has 3 rings (SSSR count). The van der Waals surface area contributed by atoms with Gasteiger partial charge in [-0.1, -0.05) is 0 Å².